The Kier molecular flexibility index (Phi) is 3.46. The van der Waals surface area contributed by atoms with Crippen molar-refractivity contribution in [2.75, 3.05) is 12.8 Å². The van der Waals surface area contributed by atoms with Gasteiger partial charge >= 0.3 is 0 Å². The number of benzene rings is 1. The summed E-state index contributed by atoms with van der Waals surface area (Å²) in [7, 11) is 1.65. The van der Waals surface area contributed by atoms with Crippen LogP contribution in [0.5, 0.6) is 5.75 Å². The second-order valence-electron chi connectivity index (χ2n) is 4.05. The molecule has 0 amide bonds. The molecule has 0 radical (unpaired) electrons. The number of hydrogen-bond acceptors (Lipinski definition) is 4. The molecule has 1 aromatic carbocycles. The van der Waals surface area contributed by atoms with Crippen molar-refractivity contribution in [2.45, 2.75) is 20.3 Å². The Hall–Kier alpha value is -2.10. The van der Waals surface area contributed by atoms with E-state index in [1.54, 1.807) is 7.11 Å². The van der Waals surface area contributed by atoms with Crippen LogP contribution in [0.3, 0.4) is 0 Å². The van der Waals surface area contributed by atoms with Crippen molar-refractivity contribution in [3.05, 3.63) is 35.7 Å². The van der Waals surface area contributed by atoms with Crippen LogP contribution in [0.2, 0.25) is 0 Å². The van der Waals surface area contributed by atoms with Crippen molar-refractivity contribution >= 4 is 5.82 Å². The van der Waals surface area contributed by atoms with E-state index in [4.69, 9.17) is 10.5 Å². The molecular weight excluding hydrogens is 226 g/mol. The molecule has 1 heterocycles. The fourth-order valence-corrected chi connectivity index (χ4v) is 1.84. The first kappa shape index (κ1) is 12.4. The third-order valence-corrected chi connectivity index (χ3v) is 2.91. The van der Waals surface area contributed by atoms with Gasteiger partial charge in [0.05, 0.1) is 12.8 Å². The molecule has 0 aliphatic carbocycles. The summed E-state index contributed by atoms with van der Waals surface area (Å²) in [6, 6.07) is 7.79. The van der Waals surface area contributed by atoms with Crippen LogP contribution >= 0.6 is 0 Å². The summed E-state index contributed by atoms with van der Waals surface area (Å²) in [5, 5.41) is 0. The Balaban J connectivity index is 2.66. The molecule has 0 saturated carbocycles. The van der Waals surface area contributed by atoms with Gasteiger partial charge in [0.2, 0.25) is 0 Å². The third kappa shape index (κ3) is 2.14. The zero-order valence-corrected chi connectivity index (χ0v) is 10.9. The van der Waals surface area contributed by atoms with Gasteiger partial charge in [-0.15, -0.1) is 0 Å². The van der Waals surface area contributed by atoms with Gasteiger partial charge in [0.1, 0.15) is 17.4 Å². The molecule has 0 saturated heterocycles. The fourth-order valence-electron chi connectivity index (χ4n) is 1.84. The predicted octanol–water partition coefficient (Wildman–Crippen LogP) is 2.61. The second-order valence-corrected chi connectivity index (χ2v) is 4.05. The third-order valence-electron chi connectivity index (χ3n) is 2.91. The monoisotopic (exact) mass is 243 g/mol. The molecule has 4 heteroatoms. The molecule has 0 unspecified atom stereocenters. The molecule has 94 valence electrons. The Bertz CT molecular complexity index is 567. The number of aryl methyl sites for hydroxylation is 1. The van der Waals surface area contributed by atoms with Crippen molar-refractivity contribution in [1.82, 2.24) is 9.97 Å². The lowest BCUT2D eigenvalue weighted by Crippen LogP contribution is -2.04. The smallest absolute Gasteiger partial charge is 0.131 e. The molecular formula is C14H17N3O. The number of aromatic nitrogens is 2. The van der Waals surface area contributed by atoms with E-state index >= 15 is 0 Å². The standard InChI is InChI=1S/C14H17N3O/c1-4-12-16-13(9(2)14(15)17-12)10-7-5-6-8-11(10)18-3/h5-8H,4H2,1-3H3,(H2,15,16,17). The topological polar surface area (TPSA) is 61.0 Å². The number of methoxy groups -OCH3 is 1. The number of nitrogens with zero attached hydrogens (tertiary/aromatic N) is 2. The first-order valence-corrected chi connectivity index (χ1v) is 5.93. The highest BCUT2D eigenvalue weighted by Crippen LogP contribution is 2.31. The average molecular weight is 243 g/mol. The van der Waals surface area contributed by atoms with Crippen LogP contribution in [-0.4, -0.2) is 17.1 Å². The Morgan fingerprint density at radius 2 is 1.94 bits per heavy atom. The molecule has 2 aromatic rings. The van der Waals surface area contributed by atoms with Gasteiger partial charge in [-0.2, -0.15) is 0 Å². The van der Waals surface area contributed by atoms with E-state index < -0.39 is 0 Å². The summed E-state index contributed by atoms with van der Waals surface area (Å²) in [4.78, 5) is 8.82. The lowest BCUT2D eigenvalue weighted by atomic mass is 10.1. The molecule has 0 aliphatic rings. The highest BCUT2D eigenvalue weighted by molar-refractivity contribution is 5.72. The van der Waals surface area contributed by atoms with E-state index in [2.05, 4.69) is 9.97 Å². The maximum absolute atomic E-state index is 5.93. The van der Waals surface area contributed by atoms with Gasteiger partial charge in [-0.3, -0.25) is 0 Å². The maximum Gasteiger partial charge on any atom is 0.131 e. The van der Waals surface area contributed by atoms with Crippen LogP contribution in [0.4, 0.5) is 5.82 Å². The largest absolute Gasteiger partial charge is 0.496 e. The molecule has 1 aromatic heterocycles. The molecule has 0 bridgehead atoms. The van der Waals surface area contributed by atoms with Crippen molar-refractivity contribution in [1.29, 1.82) is 0 Å². The van der Waals surface area contributed by atoms with Crippen LogP contribution in [-0.2, 0) is 6.42 Å². The zero-order chi connectivity index (χ0) is 13.1. The van der Waals surface area contributed by atoms with Gasteiger partial charge in [-0.1, -0.05) is 19.1 Å². The normalized spacial score (nSPS) is 10.4. The summed E-state index contributed by atoms with van der Waals surface area (Å²) in [5.74, 6) is 2.07. The van der Waals surface area contributed by atoms with Crippen LogP contribution in [0.15, 0.2) is 24.3 Å². The maximum atomic E-state index is 5.93. The van der Waals surface area contributed by atoms with Gasteiger partial charge in [-0.05, 0) is 19.1 Å². The van der Waals surface area contributed by atoms with Crippen molar-refractivity contribution in [3.8, 4) is 17.0 Å². The first-order chi connectivity index (χ1) is 8.67. The van der Waals surface area contributed by atoms with E-state index in [9.17, 15) is 0 Å². The van der Waals surface area contributed by atoms with Crippen LogP contribution < -0.4 is 10.5 Å². The van der Waals surface area contributed by atoms with E-state index in [0.717, 1.165) is 34.8 Å². The van der Waals surface area contributed by atoms with Gasteiger partial charge in [-0.25, -0.2) is 9.97 Å². The highest BCUT2D eigenvalue weighted by Gasteiger charge is 2.13. The number of nitrogen functional groups attached to an aromatic ring is 1. The molecule has 18 heavy (non-hydrogen) atoms. The molecule has 0 atom stereocenters. The number of hydrogen-bond donors (Lipinski definition) is 1. The number of para-hydroxylation sites is 1. The van der Waals surface area contributed by atoms with Crippen molar-refractivity contribution in [3.63, 3.8) is 0 Å². The molecule has 0 aliphatic heterocycles. The van der Waals surface area contributed by atoms with Gasteiger partial charge < -0.3 is 10.5 Å². The number of nitrogens with two attached hydrogens (primary N) is 1. The van der Waals surface area contributed by atoms with Crippen LogP contribution in [0.25, 0.3) is 11.3 Å². The molecule has 2 N–H and O–H groups in total. The summed E-state index contributed by atoms with van der Waals surface area (Å²) in [6.07, 6.45) is 0.757. The van der Waals surface area contributed by atoms with Crippen molar-refractivity contribution < 1.29 is 4.74 Å². The summed E-state index contributed by atoms with van der Waals surface area (Å²) >= 11 is 0. The minimum absolute atomic E-state index is 0.530. The van der Waals surface area contributed by atoms with Gasteiger partial charge in [0.15, 0.2) is 0 Å². The highest BCUT2D eigenvalue weighted by atomic mass is 16.5. The average Bonchev–Trinajstić information content (AvgIpc) is 2.41. The Labute approximate surface area is 107 Å². The minimum atomic E-state index is 0.530. The van der Waals surface area contributed by atoms with E-state index in [1.807, 2.05) is 38.1 Å². The second kappa shape index (κ2) is 5.04. The molecule has 0 spiro atoms. The summed E-state index contributed by atoms with van der Waals surface area (Å²) < 4.78 is 5.37. The van der Waals surface area contributed by atoms with Crippen LogP contribution in [0, 0.1) is 6.92 Å². The predicted molar refractivity (Wildman–Crippen MR) is 72.5 cm³/mol. The van der Waals surface area contributed by atoms with Gasteiger partial charge in [0, 0.05) is 17.5 Å². The van der Waals surface area contributed by atoms with E-state index in [-0.39, 0.29) is 0 Å². The number of ether oxygens (including phenoxy) is 1. The molecule has 4 nitrogen and oxygen atoms in total. The number of rotatable bonds is 3. The lowest BCUT2D eigenvalue weighted by Gasteiger charge is -2.12. The zero-order valence-electron chi connectivity index (χ0n) is 10.9. The van der Waals surface area contributed by atoms with Gasteiger partial charge in [0.25, 0.3) is 0 Å². The fraction of sp³-hybridized carbons (Fsp3) is 0.286. The lowest BCUT2D eigenvalue weighted by molar-refractivity contribution is 0.416. The van der Waals surface area contributed by atoms with Crippen molar-refractivity contribution in [2.24, 2.45) is 0 Å². The quantitative estimate of drug-likeness (QED) is 0.900. The minimum Gasteiger partial charge on any atom is -0.496 e. The van der Waals surface area contributed by atoms with Crippen LogP contribution in [0.1, 0.15) is 18.3 Å². The SMILES string of the molecule is CCc1nc(N)c(C)c(-c2ccccc2OC)n1. The molecule has 0 fully saturated rings. The van der Waals surface area contributed by atoms with E-state index in [0.29, 0.717) is 5.82 Å². The number of anilines is 1. The first-order valence-electron chi connectivity index (χ1n) is 5.93. The Morgan fingerprint density at radius 3 is 2.61 bits per heavy atom. The summed E-state index contributed by atoms with van der Waals surface area (Å²) in [5.41, 5.74) is 8.61. The summed E-state index contributed by atoms with van der Waals surface area (Å²) in [6.45, 7) is 3.94. The Morgan fingerprint density at radius 1 is 1.22 bits per heavy atom. The molecule has 2 rings (SSSR count). The van der Waals surface area contributed by atoms with E-state index in [1.165, 1.54) is 0 Å².